The summed E-state index contributed by atoms with van der Waals surface area (Å²) in [5.41, 5.74) is 0. The van der Waals surface area contributed by atoms with Crippen LogP contribution in [0.5, 0.6) is 0 Å². The second kappa shape index (κ2) is 4.13. The maximum atomic E-state index is 2.73. The molecule has 0 aromatic carbocycles. The van der Waals surface area contributed by atoms with Crippen LogP contribution < -0.4 is 0 Å². The molecule has 0 aromatic heterocycles. The zero-order valence-corrected chi connectivity index (χ0v) is 12.0. The van der Waals surface area contributed by atoms with Crippen molar-refractivity contribution >= 4 is 18.7 Å². The van der Waals surface area contributed by atoms with Gasteiger partial charge in [0.2, 0.25) is 0 Å². The molecule has 0 spiro atoms. The molecule has 0 amide bonds. The molecule has 0 fully saturated rings. The topological polar surface area (TPSA) is 3.24 Å². The molecular weight excluding hydrogens is 241 g/mol. The van der Waals surface area contributed by atoms with E-state index < -0.39 is 18.7 Å². The van der Waals surface area contributed by atoms with Crippen LogP contribution in [0.3, 0.4) is 0 Å². The Balaban J connectivity index is 4.35. The molecule has 0 rings (SSSR count). The van der Waals surface area contributed by atoms with Crippen molar-refractivity contribution < 1.29 is 0 Å². The van der Waals surface area contributed by atoms with E-state index in [1.165, 1.54) is 0 Å². The first-order chi connectivity index (χ1) is 4.76. The van der Waals surface area contributed by atoms with Gasteiger partial charge in [-0.1, -0.05) is 0 Å². The molecule has 2 heteroatoms. The van der Waals surface area contributed by atoms with E-state index in [4.69, 9.17) is 0 Å². The number of hydrogen-bond donors (Lipinski definition) is 0. The Morgan fingerprint density at radius 1 is 0.818 bits per heavy atom. The van der Waals surface area contributed by atoms with Crippen LogP contribution in [0.15, 0.2) is 0 Å². The number of hydrogen-bond acceptors (Lipinski definition) is 1. The van der Waals surface area contributed by atoms with Crippen molar-refractivity contribution in [2.75, 3.05) is 0 Å². The Hall–Kier alpha value is 0.759. The van der Waals surface area contributed by atoms with Gasteiger partial charge in [0.25, 0.3) is 0 Å². The molecule has 0 unspecified atom stereocenters. The second-order valence-corrected chi connectivity index (χ2v) is 18.6. The molecule has 0 aromatic rings. The van der Waals surface area contributed by atoms with E-state index in [9.17, 15) is 0 Å². The van der Waals surface area contributed by atoms with Crippen LogP contribution >= 0.6 is 0 Å². The molecule has 0 saturated heterocycles. The average molecular weight is 264 g/mol. The Morgan fingerprint density at radius 3 is 1.09 bits per heavy atom. The molecule has 68 valence electrons. The van der Waals surface area contributed by atoms with Gasteiger partial charge in [0.1, 0.15) is 0 Å². The Bertz CT molecular complexity index is 105. The van der Waals surface area contributed by atoms with Crippen LogP contribution in [0, 0.1) is 0 Å². The predicted octanol–water partition coefficient (Wildman–Crippen LogP) is 2.94. The minimum atomic E-state index is -1.78. The quantitative estimate of drug-likeness (QED) is 0.708. The van der Waals surface area contributed by atoms with Crippen LogP contribution in [0.4, 0.5) is 0 Å². The van der Waals surface area contributed by atoms with E-state index >= 15 is 0 Å². The van der Waals surface area contributed by atoms with E-state index in [0.29, 0.717) is 0 Å². The summed E-state index contributed by atoms with van der Waals surface area (Å²) < 4.78 is 2.73. The van der Waals surface area contributed by atoms with Crippen molar-refractivity contribution in [3.8, 4) is 0 Å². The van der Waals surface area contributed by atoms with Crippen molar-refractivity contribution in [1.82, 2.24) is 3.12 Å². The first-order valence-electron chi connectivity index (χ1n) is 4.55. The third-order valence-electron chi connectivity index (χ3n) is 1.89. The van der Waals surface area contributed by atoms with Crippen molar-refractivity contribution in [2.24, 2.45) is 0 Å². The average Bonchev–Trinajstić information content (AvgIpc) is 1.54. The molecule has 0 N–H and O–H groups in total. The van der Waals surface area contributed by atoms with Crippen molar-refractivity contribution in [2.45, 2.75) is 54.6 Å². The van der Waals surface area contributed by atoms with Gasteiger partial charge in [-0.3, -0.25) is 0 Å². The van der Waals surface area contributed by atoms with Crippen molar-refractivity contribution in [3.63, 3.8) is 0 Å². The molecule has 0 aliphatic rings. The van der Waals surface area contributed by atoms with E-state index in [1.54, 1.807) is 0 Å². The summed E-state index contributed by atoms with van der Waals surface area (Å²) in [6.07, 6.45) is 0. The molecule has 11 heavy (non-hydrogen) atoms. The third-order valence-corrected chi connectivity index (χ3v) is 9.26. The van der Waals surface area contributed by atoms with Crippen LogP contribution in [0.25, 0.3) is 0 Å². The fraction of sp³-hybridized carbons (Fsp3) is 1.00. The molecular formula is C9H23NSn. The summed E-state index contributed by atoms with van der Waals surface area (Å²) in [6.45, 7) is 9.23. The minimum absolute atomic E-state index is 0.728. The summed E-state index contributed by atoms with van der Waals surface area (Å²) in [7, 11) is 0. The van der Waals surface area contributed by atoms with Crippen LogP contribution in [-0.2, 0) is 0 Å². The second-order valence-electron chi connectivity index (χ2n) is 4.77. The van der Waals surface area contributed by atoms with Gasteiger partial charge in [0.05, 0.1) is 0 Å². The molecule has 1 nitrogen and oxygen atoms in total. The van der Waals surface area contributed by atoms with Crippen LogP contribution in [0.2, 0.25) is 14.8 Å². The zero-order valence-electron chi connectivity index (χ0n) is 9.10. The van der Waals surface area contributed by atoms with Crippen molar-refractivity contribution in [3.05, 3.63) is 0 Å². The fourth-order valence-electron chi connectivity index (χ4n) is 2.15. The maximum absolute atomic E-state index is 2.73. The Labute approximate surface area is 76.4 Å². The summed E-state index contributed by atoms with van der Waals surface area (Å²) in [5.74, 6) is 0. The van der Waals surface area contributed by atoms with Gasteiger partial charge in [-0.2, -0.15) is 0 Å². The molecule has 0 saturated carbocycles. The third kappa shape index (κ3) is 3.79. The molecule has 0 radical (unpaired) electrons. The van der Waals surface area contributed by atoms with Gasteiger partial charge in [-0.15, -0.1) is 0 Å². The first kappa shape index (κ1) is 11.8. The summed E-state index contributed by atoms with van der Waals surface area (Å²) in [4.78, 5) is 7.44. The van der Waals surface area contributed by atoms with Gasteiger partial charge in [0.15, 0.2) is 0 Å². The molecule has 0 heterocycles. The van der Waals surface area contributed by atoms with E-state index in [2.05, 4.69) is 45.6 Å². The van der Waals surface area contributed by atoms with Gasteiger partial charge < -0.3 is 0 Å². The molecule has 0 aliphatic carbocycles. The van der Waals surface area contributed by atoms with Gasteiger partial charge in [-0.25, -0.2) is 0 Å². The number of rotatable bonds is 3. The fourth-order valence-corrected chi connectivity index (χ4v) is 11.0. The normalized spacial score (nSPS) is 13.6. The van der Waals surface area contributed by atoms with Crippen LogP contribution in [0.1, 0.15) is 27.7 Å². The van der Waals surface area contributed by atoms with Crippen LogP contribution in [-0.4, -0.2) is 33.9 Å². The summed E-state index contributed by atoms with van der Waals surface area (Å²) >= 11 is -1.78. The standard InChI is InChI=1S/C6H14N.3CH3.Sn/c1-5(2)7-6(3)4;;;;/h5-6H,1-4H3;3*1H3;/q-1;;;;+1. The molecule has 0 atom stereocenters. The monoisotopic (exact) mass is 265 g/mol. The van der Waals surface area contributed by atoms with Crippen molar-refractivity contribution in [1.29, 1.82) is 0 Å². The zero-order chi connectivity index (χ0) is 9.23. The Morgan fingerprint density at radius 2 is 1.09 bits per heavy atom. The Kier molecular flexibility index (Phi) is 4.41. The van der Waals surface area contributed by atoms with E-state index in [-0.39, 0.29) is 0 Å². The van der Waals surface area contributed by atoms with Gasteiger partial charge in [0, 0.05) is 0 Å². The van der Waals surface area contributed by atoms with Gasteiger partial charge in [-0.05, 0) is 0 Å². The first-order valence-corrected chi connectivity index (χ1v) is 14.4. The van der Waals surface area contributed by atoms with E-state index in [0.717, 1.165) is 12.1 Å². The summed E-state index contributed by atoms with van der Waals surface area (Å²) in [5, 5.41) is 0. The predicted molar refractivity (Wildman–Crippen MR) is 55.5 cm³/mol. The van der Waals surface area contributed by atoms with E-state index in [1.807, 2.05) is 0 Å². The van der Waals surface area contributed by atoms with Gasteiger partial charge >= 0.3 is 76.4 Å². The SMILES string of the molecule is CC(C)[N](C(C)C)[Sn]([CH3])([CH3])[CH3]. The molecule has 0 aliphatic heterocycles. The summed E-state index contributed by atoms with van der Waals surface area (Å²) in [6, 6.07) is 1.46. The number of nitrogens with zero attached hydrogens (tertiary/aromatic N) is 1. The molecule has 0 bridgehead atoms.